The molecule has 1 atom stereocenters. The fourth-order valence-electron chi connectivity index (χ4n) is 2.27. The van der Waals surface area contributed by atoms with E-state index in [1.165, 1.54) is 6.33 Å². The second-order valence-corrected chi connectivity index (χ2v) is 5.00. The van der Waals surface area contributed by atoms with E-state index in [9.17, 15) is 14.4 Å². The SMILES string of the molecule is O=C(C[C@H]1NC(=O)N(Cc2ccccc2)C1=O)Nc1ncn[nH]1. The molecule has 9 heteroatoms. The van der Waals surface area contributed by atoms with Gasteiger partial charge in [-0.1, -0.05) is 30.3 Å². The Morgan fingerprint density at radius 2 is 2.04 bits per heavy atom. The van der Waals surface area contributed by atoms with Gasteiger partial charge in [0.1, 0.15) is 12.4 Å². The Bertz CT molecular complexity index is 715. The Kier molecular flexibility index (Phi) is 4.00. The lowest BCUT2D eigenvalue weighted by molar-refractivity contribution is -0.130. The Morgan fingerprint density at radius 1 is 1.26 bits per heavy atom. The summed E-state index contributed by atoms with van der Waals surface area (Å²) in [5.41, 5.74) is 0.836. The van der Waals surface area contributed by atoms with E-state index in [0.717, 1.165) is 10.5 Å². The van der Waals surface area contributed by atoms with Crippen LogP contribution in [0.15, 0.2) is 36.7 Å². The first-order chi connectivity index (χ1) is 11.1. The lowest BCUT2D eigenvalue weighted by Gasteiger charge is -2.12. The standard InChI is InChI=1S/C14H14N6O3/c21-11(18-13-15-8-16-19-13)6-10-12(22)20(14(23)17-10)7-9-4-2-1-3-5-9/h1-5,8,10H,6-7H2,(H,17,23)(H2,15,16,18,19,21)/t10-/m1/s1. The smallest absolute Gasteiger partial charge is 0.325 e. The molecule has 1 saturated heterocycles. The van der Waals surface area contributed by atoms with Gasteiger partial charge >= 0.3 is 6.03 Å². The van der Waals surface area contributed by atoms with Gasteiger partial charge in [-0.3, -0.25) is 19.8 Å². The monoisotopic (exact) mass is 314 g/mol. The van der Waals surface area contributed by atoms with E-state index in [2.05, 4.69) is 25.8 Å². The average Bonchev–Trinajstić information content (AvgIpc) is 3.12. The zero-order valence-corrected chi connectivity index (χ0v) is 12.0. The van der Waals surface area contributed by atoms with Crippen LogP contribution in [-0.4, -0.2) is 44.0 Å². The van der Waals surface area contributed by atoms with Crippen molar-refractivity contribution in [1.29, 1.82) is 0 Å². The summed E-state index contributed by atoms with van der Waals surface area (Å²) in [6, 6.07) is 7.78. The molecule has 4 amide bonds. The fraction of sp³-hybridized carbons (Fsp3) is 0.214. The van der Waals surface area contributed by atoms with Gasteiger partial charge in [0.15, 0.2) is 0 Å². The summed E-state index contributed by atoms with van der Waals surface area (Å²) < 4.78 is 0. The van der Waals surface area contributed by atoms with Gasteiger partial charge in [0, 0.05) is 0 Å². The summed E-state index contributed by atoms with van der Waals surface area (Å²) in [4.78, 5) is 40.9. The van der Waals surface area contributed by atoms with E-state index in [0.29, 0.717) is 0 Å². The van der Waals surface area contributed by atoms with E-state index < -0.39 is 23.9 Å². The molecular weight excluding hydrogens is 300 g/mol. The molecule has 9 nitrogen and oxygen atoms in total. The van der Waals surface area contributed by atoms with E-state index in [1.807, 2.05) is 30.3 Å². The largest absolute Gasteiger partial charge is 0.325 e. The van der Waals surface area contributed by atoms with Crippen molar-refractivity contribution in [3.63, 3.8) is 0 Å². The molecule has 1 aromatic heterocycles. The van der Waals surface area contributed by atoms with Crippen LogP contribution < -0.4 is 10.6 Å². The molecule has 0 aliphatic carbocycles. The predicted molar refractivity (Wildman–Crippen MR) is 78.9 cm³/mol. The van der Waals surface area contributed by atoms with Crippen LogP contribution in [0.2, 0.25) is 0 Å². The van der Waals surface area contributed by atoms with Crippen molar-refractivity contribution >= 4 is 23.8 Å². The zero-order valence-electron chi connectivity index (χ0n) is 12.0. The van der Waals surface area contributed by atoms with Crippen molar-refractivity contribution in [2.24, 2.45) is 0 Å². The molecule has 1 aliphatic heterocycles. The van der Waals surface area contributed by atoms with Crippen LogP contribution in [0.5, 0.6) is 0 Å². The first-order valence-corrected chi connectivity index (χ1v) is 6.94. The normalized spacial score (nSPS) is 17.2. The third-order valence-electron chi connectivity index (χ3n) is 3.35. The molecule has 0 spiro atoms. The van der Waals surface area contributed by atoms with Crippen molar-refractivity contribution in [2.75, 3.05) is 5.32 Å². The predicted octanol–water partition coefficient (Wildman–Crippen LogP) is 0.254. The van der Waals surface area contributed by atoms with Gasteiger partial charge < -0.3 is 5.32 Å². The Hall–Kier alpha value is -3.23. The number of aromatic amines is 1. The minimum atomic E-state index is -0.880. The fourth-order valence-corrected chi connectivity index (χ4v) is 2.27. The van der Waals surface area contributed by atoms with Crippen molar-refractivity contribution in [1.82, 2.24) is 25.4 Å². The average molecular weight is 314 g/mol. The highest BCUT2D eigenvalue weighted by molar-refractivity contribution is 6.06. The number of nitrogens with one attached hydrogen (secondary N) is 3. The summed E-state index contributed by atoms with van der Waals surface area (Å²) in [7, 11) is 0. The number of hydrogen-bond acceptors (Lipinski definition) is 5. The maximum absolute atomic E-state index is 12.3. The number of amides is 4. The topological polar surface area (TPSA) is 120 Å². The third kappa shape index (κ3) is 3.34. The molecule has 1 aromatic carbocycles. The van der Waals surface area contributed by atoms with Gasteiger partial charge in [-0.15, -0.1) is 0 Å². The van der Waals surface area contributed by atoms with Gasteiger partial charge in [-0.2, -0.15) is 10.1 Å². The zero-order chi connectivity index (χ0) is 16.2. The number of carbonyl (C=O) groups is 3. The number of carbonyl (C=O) groups excluding carboxylic acids is 3. The maximum Gasteiger partial charge on any atom is 0.325 e. The summed E-state index contributed by atoms with van der Waals surface area (Å²) >= 11 is 0. The highest BCUT2D eigenvalue weighted by Crippen LogP contribution is 2.14. The van der Waals surface area contributed by atoms with Gasteiger partial charge in [-0.05, 0) is 5.56 Å². The van der Waals surface area contributed by atoms with E-state index >= 15 is 0 Å². The summed E-state index contributed by atoms with van der Waals surface area (Å²) in [6.07, 6.45) is 1.08. The van der Waals surface area contributed by atoms with Crippen LogP contribution >= 0.6 is 0 Å². The molecule has 23 heavy (non-hydrogen) atoms. The molecule has 1 aliphatic rings. The Morgan fingerprint density at radius 3 is 2.74 bits per heavy atom. The van der Waals surface area contributed by atoms with Crippen LogP contribution in [-0.2, 0) is 16.1 Å². The van der Waals surface area contributed by atoms with Crippen molar-refractivity contribution in [3.05, 3.63) is 42.2 Å². The van der Waals surface area contributed by atoms with Crippen LogP contribution in [0.3, 0.4) is 0 Å². The maximum atomic E-state index is 12.3. The minimum Gasteiger partial charge on any atom is -0.325 e. The molecular formula is C14H14N6O3. The molecule has 118 valence electrons. The van der Waals surface area contributed by atoms with Crippen LogP contribution in [0.25, 0.3) is 0 Å². The minimum absolute atomic E-state index is 0.170. The number of nitrogens with zero attached hydrogens (tertiary/aromatic N) is 3. The second kappa shape index (κ2) is 6.26. The number of benzene rings is 1. The lowest BCUT2D eigenvalue weighted by atomic mass is 10.2. The third-order valence-corrected chi connectivity index (χ3v) is 3.35. The van der Waals surface area contributed by atoms with E-state index in [1.54, 1.807) is 0 Å². The van der Waals surface area contributed by atoms with Crippen molar-refractivity contribution < 1.29 is 14.4 Å². The molecule has 0 radical (unpaired) electrons. The number of anilines is 1. The summed E-state index contributed by atoms with van der Waals surface area (Å²) in [6.45, 7) is 0.172. The first kappa shape index (κ1) is 14.7. The number of H-pyrrole nitrogens is 1. The van der Waals surface area contributed by atoms with Gasteiger partial charge in [-0.25, -0.2) is 9.89 Å². The van der Waals surface area contributed by atoms with Crippen LogP contribution in [0.4, 0.5) is 10.7 Å². The van der Waals surface area contributed by atoms with Crippen LogP contribution in [0.1, 0.15) is 12.0 Å². The van der Waals surface area contributed by atoms with Crippen LogP contribution in [0, 0.1) is 0 Å². The molecule has 2 heterocycles. The lowest BCUT2D eigenvalue weighted by Crippen LogP contribution is -2.34. The Labute approximate surface area is 131 Å². The van der Waals surface area contributed by atoms with Crippen molar-refractivity contribution in [2.45, 2.75) is 19.0 Å². The number of urea groups is 1. The van der Waals surface area contributed by atoms with Gasteiger partial charge in [0.25, 0.3) is 5.91 Å². The molecule has 2 aromatic rings. The number of hydrogen-bond donors (Lipinski definition) is 3. The molecule has 3 rings (SSSR count). The van der Waals surface area contributed by atoms with Gasteiger partial charge in [0.2, 0.25) is 11.9 Å². The highest BCUT2D eigenvalue weighted by Gasteiger charge is 2.38. The highest BCUT2D eigenvalue weighted by atomic mass is 16.2. The Balaban J connectivity index is 1.60. The number of rotatable bonds is 5. The van der Waals surface area contributed by atoms with Crippen molar-refractivity contribution in [3.8, 4) is 0 Å². The second-order valence-electron chi connectivity index (χ2n) is 5.00. The van der Waals surface area contributed by atoms with E-state index in [-0.39, 0.29) is 18.9 Å². The molecule has 1 fully saturated rings. The summed E-state index contributed by atoms with van der Waals surface area (Å²) in [5, 5.41) is 11.0. The van der Waals surface area contributed by atoms with Gasteiger partial charge in [0.05, 0.1) is 13.0 Å². The molecule has 0 bridgehead atoms. The number of imide groups is 1. The number of aromatic nitrogens is 3. The first-order valence-electron chi connectivity index (χ1n) is 6.94. The molecule has 0 unspecified atom stereocenters. The molecule has 3 N–H and O–H groups in total. The van der Waals surface area contributed by atoms with E-state index in [4.69, 9.17) is 0 Å². The molecule has 0 saturated carbocycles. The quantitative estimate of drug-likeness (QED) is 0.683. The summed E-state index contributed by atoms with van der Waals surface area (Å²) in [5.74, 6) is -0.679.